The van der Waals surface area contributed by atoms with Crippen LogP contribution in [0.25, 0.3) is 0 Å². The number of hydrogen-bond acceptors (Lipinski definition) is 4. The van der Waals surface area contributed by atoms with Gasteiger partial charge in [0.2, 0.25) is 0 Å². The Morgan fingerprint density at radius 2 is 2.15 bits per heavy atom. The van der Waals surface area contributed by atoms with E-state index in [9.17, 15) is 0 Å². The Bertz CT molecular complexity index is 423. The lowest BCUT2D eigenvalue weighted by molar-refractivity contribution is 0.198. The van der Waals surface area contributed by atoms with Gasteiger partial charge >= 0.3 is 0 Å². The van der Waals surface area contributed by atoms with Crippen molar-refractivity contribution in [3.63, 3.8) is 0 Å². The van der Waals surface area contributed by atoms with Crippen LogP contribution in [0, 0.1) is 0 Å². The molecule has 2 rings (SSSR count). The lowest BCUT2D eigenvalue weighted by Crippen LogP contribution is -2.45. The zero-order chi connectivity index (χ0) is 14.4. The molecule has 0 saturated carbocycles. The summed E-state index contributed by atoms with van der Waals surface area (Å²) >= 11 is 0. The van der Waals surface area contributed by atoms with Crippen molar-refractivity contribution in [3.05, 3.63) is 23.8 Å². The average Bonchev–Trinajstić information content (AvgIpc) is 2.52. The number of hydrogen-bond donors (Lipinski definition) is 1. The standard InChI is InChI=1S/C16H26N2O2/c1-4-18-9-5-6-14(12-18)17-11-13-10-15(19-2)7-8-16(13)20-3/h7-8,10,14,17H,4-6,9,11-12H2,1-3H3. The quantitative estimate of drug-likeness (QED) is 0.865. The average molecular weight is 278 g/mol. The molecule has 4 nitrogen and oxygen atoms in total. The first kappa shape index (κ1) is 15.1. The summed E-state index contributed by atoms with van der Waals surface area (Å²) in [5.41, 5.74) is 1.15. The number of rotatable bonds is 6. The third kappa shape index (κ3) is 3.87. The second-order valence-corrected chi connectivity index (χ2v) is 5.29. The number of ether oxygens (including phenoxy) is 2. The first-order valence-electron chi connectivity index (χ1n) is 7.43. The molecule has 112 valence electrons. The monoisotopic (exact) mass is 278 g/mol. The van der Waals surface area contributed by atoms with Crippen LogP contribution in [0.2, 0.25) is 0 Å². The van der Waals surface area contributed by atoms with E-state index < -0.39 is 0 Å². The molecule has 0 radical (unpaired) electrons. The maximum atomic E-state index is 5.42. The molecule has 1 aliphatic heterocycles. The molecule has 1 aliphatic rings. The van der Waals surface area contributed by atoms with Gasteiger partial charge in [0.05, 0.1) is 14.2 Å². The molecular weight excluding hydrogens is 252 g/mol. The molecule has 1 saturated heterocycles. The molecule has 20 heavy (non-hydrogen) atoms. The third-order valence-electron chi connectivity index (χ3n) is 4.02. The Kier molecular flexibility index (Phi) is 5.68. The van der Waals surface area contributed by atoms with Crippen molar-refractivity contribution in [1.29, 1.82) is 0 Å². The van der Waals surface area contributed by atoms with Gasteiger partial charge in [-0.25, -0.2) is 0 Å². The summed E-state index contributed by atoms with van der Waals surface area (Å²) in [6, 6.07) is 6.52. The molecule has 1 N–H and O–H groups in total. The van der Waals surface area contributed by atoms with Crippen molar-refractivity contribution >= 4 is 0 Å². The Labute approximate surface area is 122 Å². The lowest BCUT2D eigenvalue weighted by atomic mass is 10.1. The van der Waals surface area contributed by atoms with Crippen LogP contribution in [0.3, 0.4) is 0 Å². The summed E-state index contributed by atoms with van der Waals surface area (Å²) in [7, 11) is 3.41. The molecular formula is C16H26N2O2. The molecule has 1 atom stereocenters. The van der Waals surface area contributed by atoms with E-state index in [1.54, 1.807) is 14.2 Å². The van der Waals surface area contributed by atoms with Crippen molar-refractivity contribution in [3.8, 4) is 11.5 Å². The van der Waals surface area contributed by atoms with Gasteiger partial charge in [-0.05, 0) is 44.1 Å². The summed E-state index contributed by atoms with van der Waals surface area (Å²) in [6.07, 6.45) is 2.53. The minimum atomic E-state index is 0.569. The molecule has 0 amide bonds. The van der Waals surface area contributed by atoms with Crippen LogP contribution in [0.15, 0.2) is 18.2 Å². The van der Waals surface area contributed by atoms with Gasteiger partial charge in [-0.1, -0.05) is 6.92 Å². The van der Waals surface area contributed by atoms with E-state index in [0.717, 1.165) is 36.7 Å². The van der Waals surface area contributed by atoms with Crippen molar-refractivity contribution < 1.29 is 9.47 Å². The first-order chi connectivity index (χ1) is 9.76. The highest BCUT2D eigenvalue weighted by molar-refractivity contribution is 5.40. The van der Waals surface area contributed by atoms with E-state index in [0.29, 0.717) is 6.04 Å². The first-order valence-corrected chi connectivity index (χ1v) is 7.43. The lowest BCUT2D eigenvalue weighted by Gasteiger charge is -2.32. The van der Waals surface area contributed by atoms with Gasteiger partial charge < -0.3 is 19.7 Å². The van der Waals surface area contributed by atoms with Crippen molar-refractivity contribution in [2.45, 2.75) is 32.4 Å². The largest absolute Gasteiger partial charge is 0.497 e. The third-order valence-corrected chi connectivity index (χ3v) is 4.02. The highest BCUT2D eigenvalue weighted by atomic mass is 16.5. The van der Waals surface area contributed by atoms with Crippen LogP contribution in [0.5, 0.6) is 11.5 Å². The fourth-order valence-corrected chi connectivity index (χ4v) is 2.78. The van der Waals surface area contributed by atoms with Crippen LogP contribution in [0.1, 0.15) is 25.3 Å². The van der Waals surface area contributed by atoms with E-state index in [1.165, 1.54) is 19.4 Å². The second-order valence-electron chi connectivity index (χ2n) is 5.29. The number of likely N-dealkylation sites (N-methyl/N-ethyl adjacent to an activating group) is 1. The van der Waals surface area contributed by atoms with Gasteiger partial charge in [0.15, 0.2) is 0 Å². The Morgan fingerprint density at radius 1 is 1.30 bits per heavy atom. The minimum absolute atomic E-state index is 0.569. The van der Waals surface area contributed by atoms with Crippen LogP contribution in [0.4, 0.5) is 0 Å². The zero-order valence-corrected chi connectivity index (χ0v) is 12.8. The number of piperidine rings is 1. The molecule has 0 bridgehead atoms. The summed E-state index contributed by atoms with van der Waals surface area (Å²) in [4.78, 5) is 2.50. The number of nitrogens with one attached hydrogen (secondary N) is 1. The predicted molar refractivity (Wildman–Crippen MR) is 81.5 cm³/mol. The molecule has 1 fully saturated rings. The van der Waals surface area contributed by atoms with Crippen LogP contribution < -0.4 is 14.8 Å². The predicted octanol–water partition coefficient (Wildman–Crippen LogP) is 2.28. The Hall–Kier alpha value is -1.26. The van der Waals surface area contributed by atoms with E-state index in [4.69, 9.17) is 9.47 Å². The zero-order valence-electron chi connectivity index (χ0n) is 12.8. The van der Waals surface area contributed by atoms with E-state index in [2.05, 4.69) is 17.1 Å². The van der Waals surface area contributed by atoms with E-state index in [1.807, 2.05) is 18.2 Å². The minimum Gasteiger partial charge on any atom is -0.497 e. The number of likely N-dealkylation sites (tertiary alicyclic amines) is 1. The fraction of sp³-hybridized carbons (Fsp3) is 0.625. The smallest absolute Gasteiger partial charge is 0.123 e. The highest BCUT2D eigenvalue weighted by Gasteiger charge is 2.18. The molecule has 1 unspecified atom stereocenters. The summed E-state index contributed by atoms with van der Waals surface area (Å²) in [5.74, 6) is 1.79. The van der Waals surface area contributed by atoms with Crippen molar-refractivity contribution in [1.82, 2.24) is 10.2 Å². The normalized spacial score (nSPS) is 19.9. The molecule has 0 aliphatic carbocycles. The van der Waals surface area contributed by atoms with Gasteiger partial charge in [0.25, 0.3) is 0 Å². The molecule has 4 heteroatoms. The van der Waals surface area contributed by atoms with Crippen LogP contribution >= 0.6 is 0 Å². The Morgan fingerprint density at radius 3 is 2.85 bits per heavy atom. The number of benzene rings is 1. The highest BCUT2D eigenvalue weighted by Crippen LogP contribution is 2.24. The van der Waals surface area contributed by atoms with Gasteiger partial charge in [-0.3, -0.25) is 0 Å². The maximum absolute atomic E-state index is 5.42. The molecule has 0 spiro atoms. The maximum Gasteiger partial charge on any atom is 0.123 e. The topological polar surface area (TPSA) is 33.7 Å². The molecule has 1 heterocycles. The van der Waals surface area contributed by atoms with E-state index in [-0.39, 0.29) is 0 Å². The Balaban J connectivity index is 1.95. The molecule has 1 aromatic rings. The van der Waals surface area contributed by atoms with Crippen molar-refractivity contribution in [2.75, 3.05) is 33.9 Å². The second kappa shape index (κ2) is 7.50. The SMILES string of the molecule is CCN1CCCC(NCc2cc(OC)ccc2OC)C1. The summed E-state index contributed by atoms with van der Waals surface area (Å²) < 4.78 is 10.7. The number of nitrogens with zero attached hydrogens (tertiary/aromatic N) is 1. The van der Waals surface area contributed by atoms with Crippen LogP contribution in [-0.2, 0) is 6.54 Å². The summed E-state index contributed by atoms with van der Waals surface area (Å²) in [6.45, 7) is 6.57. The summed E-state index contributed by atoms with van der Waals surface area (Å²) in [5, 5.41) is 3.65. The van der Waals surface area contributed by atoms with Crippen LogP contribution in [-0.4, -0.2) is 44.8 Å². The van der Waals surface area contributed by atoms with Gasteiger partial charge in [-0.2, -0.15) is 0 Å². The van der Waals surface area contributed by atoms with E-state index >= 15 is 0 Å². The molecule has 0 aromatic heterocycles. The fourth-order valence-electron chi connectivity index (χ4n) is 2.78. The number of methoxy groups -OCH3 is 2. The van der Waals surface area contributed by atoms with Gasteiger partial charge in [-0.15, -0.1) is 0 Å². The van der Waals surface area contributed by atoms with Gasteiger partial charge in [0.1, 0.15) is 11.5 Å². The molecule has 1 aromatic carbocycles. The van der Waals surface area contributed by atoms with Gasteiger partial charge in [0, 0.05) is 24.7 Å². The van der Waals surface area contributed by atoms with Crippen molar-refractivity contribution in [2.24, 2.45) is 0 Å².